The average Bonchev–Trinajstić information content (AvgIpc) is 3.20. The van der Waals surface area contributed by atoms with Gasteiger partial charge in [-0.05, 0) is 123 Å². The number of allylic oxidation sites excluding steroid dienone is 1. The van der Waals surface area contributed by atoms with Crippen molar-refractivity contribution in [3.05, 3.63) is 41.7 Å². The summed E-state index contributed by atoms with van der Waals surface area (Å²) >= 11 is 0. The Morgan fingerprint density at radius 2 is 1.88 bits per heavy atom. The van der Waals surface area contributed by atoms with Gasteiger partial charge in [0.25, 0.3) is 0 Å². The third-order valence-electron chi connectivity index (χ3n) is 11.6. The van der Waals surface area contributed by atoms with Gasteiger partial charge in [-0.1, -0.05) is 45.4 Å². The Morgan fingerprint density at radius 3 is 2.62 bits per heavy atom. The van der Waals surface area contributed by atoms with Gasteiger partial charge in [-0.2, -0.15) is 0 Å². The van der Waals surface area contributed by atoms with Gasteiger partial charge in [0.05, 0.1) is 17.4 Å². The molecule has 0 amide bonds. The van der Waals surface area contributed by atoms with Gasteiger partial charge in [-0.25, -0.2) is 0 Å². The minimum absolute atomic E-state index is 0.308. The topological polar surface area (TPSA) is 53.4 Å². The Labute approximate surface area is 207 Å². The number of hydrogen-bond donors (Lipinski definition) is 2. The summed E-state index contributed by atoms with van der Waals surface area (Å²) in [7, 11) is 0. The zero-order valence-electron chi connectivity index (χ0n) is 22.0. The normalized spacial score (nSPS) is 43.3. The van der Waals surface area contributed by atoms with E-state index in [9.17, 15) is 10.2 Å². The number of rotatable bonds is 6. The highest BCUT2D eigenvalue weighted by atomic mass is 16.3. The van der Waals surface area contributed by atoms with Crippen LogP contribution in [-0.4, -0.2) is 20.8 Å². The van der Waals surface area contributed by atoms with Gasteiger partial charge in [0, 0.05) is 6.20 Å². The molecule has 4 aliphatic rings. The maximum atomic E-state index is 11.0. The molecule has 2 N–H and O–H groups in total. The molecule has 3 saturated carbocycles. The van der Waals surface area contributed by atoms with Crippen LogP contribution >= 0.6 is 0 Å². The number of aliphatic hydroxyl groups is 2. The first kappa shape index (κ1) is 24.5. The molecule has 3 heteroatoms. The second kappa shape index (κ2) is 9.04. The fourth-order valence-corrected chi connectivity index (χ4v) is 9.33. The summed E-state index contributed by atoms with van der Waals surface area (Å²) in [6, 6.07) is 5.83. The van der Waals surface area contributed by atoms with Crippen LogP contribution in [0.5, 0.6) is 0 Å². The smallest absolute Gasteiger partial charge is 0.0959 e. The molecule has 3 nitrogen and oxygen atoms in total. The van der Waals surface area contributed by atoms with E-state index in [2.05, 4.69) is 38.8 Å². The first-order valence-corrected chi connectivity index (χ1v) is 14.2. The van der Waals surface area contributed by atoms with Crippen LogP contribution in [0.15, 0.2) is 36.0 Å². The maximum Gasteiger partial charge on any atom is 0.0959 e. The van der Waals surface area contributed by atoms with E-state index in [0.717, 1.165) is 61.5 Å². The first-order valence-electron chi connectivity index (χ1n) is 14.2. The molecule has 5 rings (SSSR count). The SMILES string of the molecule is CC[C@]1(O)CC[C@@]2(C)C(=CC[C@H]3[C@@H]4CC[C@H]([C@H](C)CCC(O)c5ccccn5)[C@@]4(C)CC[C@@H]32)C1. The van der Waals surface area contributed by atoms with Gasteiger partial charge >= 0.3 is 0 Å². The van der Waals surface area contributed by atoms with Gasteiger partial charge in [0.2, 0.25) is 0 Å². The summed E-state index contributed by atoms with van der Waals surface area (Å²) in [5.74, 6) is 3.86. The lowest BCUT2D eigenvalue weighted by molar-refractivity contribution is -0.0757. The molecule has 0 radical (unpaired) electrons. The molecule has 1 aromatic rings. The Morgan fingerprint density at radius 1 is 1.06 bits per heavy atom. The highest BCUT2D eigenvalue weighted by molar-refractivity contribution is 5.27. The van der Waals surface area contributed by atoms with Gasteiger partial charge in [-0.3, -0.25) is 4.98 Å². The van der Waals surface area contributed by atoms with Crippen LogP contribution in [0.4, 0.5) is 0 Å². The third-order valence-corrected chi connectivity index (χ3v) is 11.6. The number of fused-ring (bicyclic) bond motifs is 5. The van der Waals surface area contributed by atoms with E-state index < -0.39 is 11.7 Å². The third kappa shape index (κ3) is 3.99. The number of nitrogens with zero attached hydrogens (tertiary/aromatic N) is 1. The zero-order valence-corrected chi connectivity index (χ0v) is 22.0. The summed E-state index contributed by atoms with van der Waals surface area (Å²) in [5.41, 5.74) is 2.68. The standard InChI is InChI=1S/C31H47NO2/c1-5-31(34)18-17-29(3)22(20-31)10-11-23-25-13-12-24(30(25,4)16-15-26(23)29)21(2)9-14-28(33)27-8-6-7-19-32-27/h6-8,10,19,21,23-26,28,33-34H,5,9,11-18,20H2,1-4H3/t21-,23+,24-,25+,26+,28?,29+,30-,31+/m1/s1. The summed E-state index contributed by atoms with van der Waals surface area (Å²) in [5, 5.41) is 21.7. The molecule has 9 atom stereocenters. The van der Waals surface area contributed by atoms with Crippen LogP contribution < -0.4 is 0 Å². The fraction of sp³-hybridized carbons (Fsp3) is 0.774. The van der Waals surface area contributed by atoms with Crippen LogP contribution in [0.2, 0.25) is 0 Å². The van der Waals surface area contributed by atoms with E-state index in [1.165, 1.54) is 38.5 Å². The van der Waals surface area contributed by atoms with Crippen LogP contribution in [-0.2, 0) is 0 Å². The molecular weight excluding hydrogens is 418 g/mol. The predicted octanol–water partition coefficient (Wildman–Crippen LogP) is 7.25. The van der Waals surface area contributed by atoms with E-state index in [0.29, 0.717) is 16.7 Å². The summed E-state index contributed by atoms with van der Waals surface area (Å²) in [6.07, 6.45) is 16.4. The van der Waals surface area contributed by atoms with E-state index >= 15 is 0 Å². The molecule has 0 bridgehead atoms. The zero-order chi connectivity index (χ0) is 24.1. The van der Waals surface area contributed by atoms with Gasteiger partial charge in [0.1, 0.15) is 0 Å². The Bertz CT molecular complexity index is 898. The molecule has 1 aromatic heterocycles. The molecule has 1 heterocycles. The number of pyridine rings is 1. The number of aliphatic hydroxyl groups excluding tert-OH is 1. The van der Waals surface area contributed by atoms with Crippen molar-refractivity contribution in [2.24, 2.45) is 40.4 Å². The molecule has 0 aromatic carbocycles. The Kier molecular flexibility index (Phi) is 6.51. The molecule has 0 spiro atoms. The second-order valence-corrected chi connectivity index (χ2v) is 13.1. The molecule has 34 heavy (non-hydrogen) atoms. The van der Waals surface area contributed by atoms with Crippen LogP contribution in [0.3, 0.4) is 0 Å². The van der Waals surface area contributed by atoms with Crippen molar-refractivity contribution in [1.82, 2.24) is 4.98 Å². The molecule has 4 aliphatic carbocycles. The van der Waals surface area contributed by atoms with Crippen molar-refractivity contribution in [3.8, 4) is 0 Å². The summed E-state index contributed by atoms with van der Waals surface area (Å²) < 4.78 is 0. The molecule has 1 unspecified atom stereocenters. The highest BCUT2D eigenvalue weighted by Crippen LogP contribution is 2.67. The molecular formula is C31H47NO2. The van der Waals surface area contributed by atoms with Gasteiger partial charge in [0.15, 0.2) is 0 Å². The van der Waals surface area contributed by atoms with Crippen molar-refractivity contribution in [2.75, 3.05) is 0 Å². The minimum atomic E-state index is -0.463. The minimum Gasteiger partial charge on any atom is -0.390 e. The van der Waals surface area contributed by atoms with Gasteiger partial charge in [-0.15, -0.1) is 0 Å². The lowest BCUT2D eigenvalue weighted by Gasteiger charge is -2.59. The van der Waals surface area contributed by atoms with Gasteiger partial charge < -0.3 is 10.2 Å². The molecule has 0 saturated heterocycles. The molecule has 3 fully saturated rings. The van der Waals surface area contributed by atoms with E-state index in [1.54, 1.807) is 11.8 Å². The highest BCUT2D eigenvalue weighted by Gasteiger charge is 2.59. The van der Waals surface area contributed by atoms with Crippen molar-refractivity contribution < 1.29 is 10.2 Å². The number of hydrogen-bond acceptors (Lipinski definition) is 3. The van der Waals surface area contributed by atoms with E-state index in [-0.39, 0.29) is 0 Å². The summed E-state index contributed by atoms with van der Waals surface area (Å²) in [4.78, 5) is 4.36. The van der Waals surface area contributed by atoms with E-state index in [4.69, 9.17) is 0 Å². The molecule has 0 aliphatic heterocycles. The largest absolute Gasteiger partial charge is 0.390 e. The monoisotopic (exact) mass is 465 g/mol. The predicted molar refractivity (Wildman–Crippen MR) is 138 cm³/mol. The first-order chi connectivity index (χ1) is 16.2. The van der Waals surface area contributed by atoms with Crippen molar-refractivity contribution in [3.63, 3.8) is 0 Å². The van der Waals surface area contributed by atoms with Crippen molar-refractivity contribution >= 4 is 0 Å². The quantitative estimate of drug-likeness (QED) is 0.435. The van der Waals surface area contributed by atoms with Crippen molar-refractivity contribution in [2.45, 2.75) is 110 Å². The number of aromatic nitrogens is 1. The van der Waals surface area contributed by atoms with Crippen LogP contribution in [0.25, 0.3) is 0 Å². The van der Waals surface area contributed by atoms with Crippen LogP contribution in [0.1, 0.15) is 110 Å². The van der Waals surface area contributed by atoms with E-state index in [1.807, 2.05) is 18.2 Å². The summed E-state index contributed by atoms with van der Waals surface area (Å²) in [6.45, 7) is 9.76. The lowest BCUT2D eigenvalue weighted by atomic mass is 9.46. The Balaban J connectivity index is 1.28. The Hall–Kier alpha value is -1.19. The second-order valence-electron chi connectivity index (χ2n) is 13.1. The fourth-order valence-electron chi connectivity index (χ4n) is 9.33. The lowest BCUT2D eigenvalue weighted by Crippen LogP contribution is -2.52. The maximum absolute atomic E-state index is 11.0. The van der Waals surface area contributed by atoms with Crippen molar-refractivity contribution in [1.29, 1.82) is 0 Å². The van der Waals surface area contributed by atoms with Crippen LogP contribution in [0, 0.1) is 40.4 Å². The average molecular weight is 466 g/mol. The molecule has 188 valence electrons.